The number of hydrogen-bond donors (Lipinski definition) is 2. The number of carbonyl (C=O) groups excluding carboxylic acids is 1. The Kier molecular flexibility index (Phi) is 3.56. The van der Waals surface area contributed by atoms with Gasteiger partial charge in [0.25, 0.3) is 0 Å². The molecule has 2 amide bonds. The number of fused-ring (bicyclic) bond motifs is 2. The van der Waals surface area contributed by atoms with E-state index in [1.807, 2.05) is 4.90 Å². The van der Waals surface area contributed by atoms with Crippen molar-refractivity contribution in [1.82, 2.24) is 14.5 Å². The first-order chi connectivity index (χ1) is 9.63. The van der Waals surface area contributed by atoms with E-state index >= 15 is 0 Å². The summed E-state index contributed by atoms with van der Waals surface area (Å²) < 4.78 is 3.71. The van der Waals surface area contributed by atoms with E-state index in [1.165, 1.54) is 6.20 Å². The molecule has 0 radical (unpaired) electrons. The van der Waals surface area contributed by atoms with Crippen LogP contribution in [0.25, 0.3) is 0 Å². The molecule has 2 unspecified atom stereocenters. The molecule has 108 valence electrons. The van der Waals surface area contributed by atoms with Gasteiger partial charge in [0.2, 0.25) is 0 Å². The van der Waals surface area contributed by atoms with Crippen LogP contribution in [0.2, 0.25) is 0 Å². The Bertz CT molecular complexity index is 493. The van der Waals surface area contributed by atoms with Gasteiger partial charge in [-0.3, -0.25) is 10.1 Å². The van der Waals surface area contributed by atoms with Crippen LogP contribution in [0.15, 0.2) is 6.20 Å². The molecule has 1 aromatic rings. The molecular formula is C12H16N4O3S. The molecule has 3 rings (SSSR count). The number of amides is 2. The van der Waals surface area contributed by atoms with E-state index in [2.05, 4.69) is 14.9 Å². The lowest BCUT2D eigenvalue weighted by atomic mass is 9.88. The summed E-state index contributed by atoms with van der Waals surface area (Å²) in [4.78, 5) is 25.0. The standard InChI is InChI=1S/C12H16N4O3S/c17-11(18)5-7-3-8-1-2-9(4-7)16(8)12(19)14-10-6-13-15-20-10/h6-9H,1-5H2,(H,14,19)(H,17,18). The molecule has 2 fully saturated rings. The van der Waals surface area contributed by atoms with Gasteiger partial charge in [-0.25, -0.2) is 4.79 Å². The van der Waals surface area contributed by atoms with Gasteiger partial charge in [0.15, 0.2) is 0 Å². The fourth-order valence-corrected chi connectivity index (χ4v) is 3.84. The van der Waals surface area contributed by atoms with Gasteiger partial charge in [-0.1, -0.05) is 4.49 Å². The Labute approximate surface area is 120 Å². The highest BCUT2D eigenvalue weighted by Crippen LogP contribution is 2.40. The van der Waals surface area contributed by atoms with E-state index in [1.54, 1.807) is 0 Å². The van der Waals surface area contributed by atoms with Crippen LogP contribution in [0.3, 0.4) is 0 Å². The smallest absolute Gasteiger partial charge is 0.323 e. The Balaban J connectivity index is 1.64. The maximum Gasteiger partial charge on any atom is 0.323 e. The van der Waals surface area contributed by atoms with Crippen LogP contribution < -0.4 is 5.32 Å². The summed E-state index contributed by atoms with van der Waals surface area (Å²) in [6, 6.07) is 0.218. The fraction of sp³-hybridized carbons (Fsp3) is 0.667. The number of anilines is 1. The summed E-state index contributed by atoms with van der Waals surface area (Å²) in [5, 5.41) is 16.0. The summed E-state index contributed by atoms with van der Waals surface area (Å²) in [7, 11) is 0. The van der Waals surface area contributed by atoms with Crippen LogP contribution in [-0.4, -0.2) is 43.7 Å². The third-order valence-corrected chi connectivity index (χ3v) is 4.70. The van der Waals surface area contributed by atoms with Crippen LogP contribution in [0.1, 0.15) is 32.1 Å². The second kappa shape index (κ2) is 5.35. The van der Waals surface area contributed by atoms with Crippen molar-refractivity contribution in [3.8, 4) is 0 Å². The molecule has 2 bridgehead atoms. The molecule has 8 heteroatoms. The van der Waals surface area contributed by atoms with Gasteiger partial charge in [-0.2, -0.15) is 0 Å². The quantitative estimate of drug-likeness (QED) is 0.886. The third-order valence-electron chi connectivity index (χ3n) is 4.12. The zero-order chi connectivity index (χ0) is 14.1. The zero-order valence-electron chi connectivity index (χ0n) is 10.9. The largest absolute Gasteiger partial charge is 0.481 e. The van der Waals surface area contributed by atoms with Gasteiger partial charge < -0.3 is 10.0 Å². The maximum atomic E-state index is 12.3. The van der Waals surface area contributed by atoms with Crippen molar-refractivity contribution < 1.29 is 14.7 Å². The summed E-state index contributed by atoms with van der Waals surface area (Å²) >= 11 is 1.15. The van der Waals surface area contributed by atoms with Gasteiger partial charge >= 0.3 is 12.0 Å². The lowest BCUT2D eigenvalue weighted by molar-refractivity contribution is -0.138. The van der Waals surface area contributed by atoms with Crippen molar-refractivity contribution in [2.24, 2.45) is 5.92 Å². The van der Waals surface area contributed by atoms with Crippen LogP contribution >= 0.6 is 11.5 Å². The predicted octanol–water partition coefficient (Wildman–Crippen LogP) is 1.79. The Morgan fingerprint density at radius 3 is 2.65 bits per heavy atom. The minimum Gasteiger partial charge on any atom is -0.481 e. The number of nitrogens with zero attached hydrogens (tertiary/aromatic N) is 3. The molecule has 0 spiro atoms. The molecule has 0 saturated carbocycles. The van der Waals surface area contributed by atoms with Gasteiger partial charge in [0.05, 0.1) is 6.20 Å². The molecule has 0 aliphatic carbocycles. The number of hydrogen-bond acceptors (Lipinski definition) is 5. The highest BCUT2D eigenvalue weighted by atomic mass is 32.1. The Hall–Kier alpha value is -1.70. The van der Waals surface area contributed by atoms with Crippen molar-refractivity contribution in [3.63, 3.8) is 0 Å². The van der Waals surface area contributed by atoms with Crippen LogP contribution in [-0.2, 0) is 4.79 Å². The highest BCUT2D eigenvalue weighted by molar-refractivity contribution is 7.10. The number of nitrogens with one attached hydrogen (secondary N) is 1. The minimum absolute atomic E-state index is 0.114. The first kappa shape index (κ1) is 13.3. The summed E-state index contributed by atoms with van der Waals surface area (Å²) in [6.07, 6.45) is 5.25. The molecule has 7 nitrogen and oxygen atoms in total. The van der Waals surface area contributed by atoms with Crippen LogP contribution in [0.5, 0.6) is 0 Å². The van der Waals surface area contributed by atoms with E-state index in [4.69, 9.17) is 5.11 Å². The number of aliphatic carboxylic acids is 1. The van der Waals surface area contributed by atoms with Crippen molar-refractivity contribution in [3.05, 3.63) is 6.20 Å². The topological polar surface area (TPSA) is 95.4 Å². The fourth-order valence-electron chi connectivity index (χ4n) is 3.43. The number of urea groups is 1. The second-order valence-corrected chi connectivity index (χ2v) is 6.23. The Morgan fingerprint density at radius 1 is 1.40 bits per heavy atom. The zero-order valence-corrected chi connectivity index (χ0v) is 11.7. The van der Waals surface area contributed by atoms with E-state index in [-0.39, 0.29) is 30.5 Å². The molecule has 1 aromatic heterocycles. The Morgan fingerprint density at radius 2 is 2.10 bits per heavy atom. The van der Waals surface area contributed by atoms with Crippen LogP contribution in [0.4, 0.5) is 9.80 Å². The van der Waals surface area contributed by atoms with Crippen molar-refractivity contribution >= 4 is 28.5 Å². The molecule has 2 aliphatic rings. The normalized spacial score (nSPS) is 28.4. The molecule has 2 N–H and O–H groups in total. The number of carboxylic acid groups (broad SMARTS) is 1. The van der Waals surface area contributed by atoms with Crippen LogP contribution in [0, 0.1) is 5.92 Å². The molecule has 2 atom stereocenters. The number of carboxylic acids is 1. The van der Waals surface area contributed by atoms with E-state index in [0.717, 1.165) is 37.2 Å². The second-order valence-electron chi connectivity index (χ2n) is 5.44. The summed E-state index contributed by atoms with van der Waals surface area (Å²) in [5.41, 5.74) is 0. The van der Waals surface area contributed by atoms with E-state index in [9.17, 15) is 9.59 Å². The van der Waals surface area contributed by atoms with Crippen molar-refractivity contribution in [1.29, 1.82) is 0 Å². The highest BCUT2D eigenvalue weighted by Gasteiger charge is 2.43. The number of carbonyl (C=O) groups is 2. The lowest BCUT2D eigenvalue weighted by Gasteiger charge is -2.38. The van der Waals surface area contributed by atoms with Gasteiger partial charge in [0, 0.05) is 30.0 Å². The molecule has 2 aliphatic heterocycles. The van der Waals surface area contributed by atoms with E-state index in [0.29, 0.717) is 5.00 Å². The summed E-state index contributed by atoms with van der Waals surface area (Å²) in [5.74, 6) is -0.554. The molecule has 3 heterocycles. The van der Waals surface area contributed by atoms with Crippen molar-refractivity contribution in [2.45, 2.75) is 44.2 Å². The predicted molar refractivity (Wildman–Crippen MR) is 72.6 cm³/mol. The van der Waals surface area contributed by atoms with Gasteiger partial charge in [-0.05, 0) is 31.6 Å². The number of aromatic nitrogens is 2. The monoisotopic (exact) mass is 296 g/mol. The molecule has 2 saturated heterocycles. The van der Waals surface area contributed by atoms with Gasteiger partial charge in [-0.15, -0.1) is 5.10 Å². The maximum absolute atomic E-state index is 12.3. The number of rotatable bonds is 3. The third kappa shape index (κ3) is 2.60. The lowest BCUT2D eigenvalue weighted by Crippen LogP contribution is -2.48. The molecule has 20 heavy (non-hydrogen) atoms. The SMILES string of the molecule is O=C(O)CC1CC2CCC(C1)N2C(=O)Nc1cnns1. The minimum atomic E-state index is -0.747. The first-order valence-corrected chi connectivity index (χ1v) is 7.49. The number of piperidine rings is 1. The van der Waals surface area contributed by atoms with Crippen molar-refractivity contribution in [2.75, 3.05) is 5.32 Å². The summed E-state index contributed by atoms with van der Waals surface area (Å²) in [6.45, 7) is 0. The van der Waals surface area contributed by atoms with E-state index < -0.39 is 5.97 Å². The molecule has 0 aromatic carbocycles. The average molecular weight is 296 g/mol. The average Bonchev–Trinajstić information content (AvgIpc) is 2.95. The van der Waals surface area contributed by atoms with Gasteiger partial charge in [0.1, 0.15) is 5.00 Å². The first-order valence-electron chi connectivity index (χ1n) is 6.72. The molecular weight excluding hydrogens is 280 g/mol.